The molecule has 0 aliphatic carbocycles. The molecule has 0 radical (unpaired) electrons. The first-order chi connectivity index (χ1) is 10.1. The Morgan fingerprint density at radius 3 is 2.71 bits per heavy atom. The molecule has 3 rings (SSSR count). The lowest BCUT2D eigenvalue weighted by Crippen LogP contribution is -2.12. The normalized spacial score (nSPS) is 12.7. The van der Waals surface area contributed by atoms with E-state index in [0.29, 0.717) is 16.4 Å². The zero-order chi connectivity index (χ0) is 15.0. The number of aryl methyl sites for hydroxylation is 2. The summed E-state index contributed by atoms with van der Waals surface area (Å²) < 4.78 is 0. The van der Waals surface area contributed by atoms with Crippen LogP contribution < -0.4 is 5.56 Å². The Kier molecular flexibility index (Phi) is 3.77. The molecule has 5 nitrogen and oxygen atoms in total. The molecule has 108 valence electrons. The molecule has 0 aliphatic heterocycles. The summed E-state index contributed by atoms with van der Waals surface area (Å²) in [6.07, 6.45) is 3.40. The first-order valence-corrected chi connectivity index (χ1v) is 8.19. The maximum Gasteiger partial charge on any atom is 0.259 e. The lowest BCUT2D eigenvalue weighted by Gasteiger charge is -2.08. The summed E-state index contributed by atoms with van der Waals surface area (Å²) in [4.78, 5) is 30.0. The van der Waals surface area contributed by atoms with Crippen LogP contribution in [0.3, 0.4) is 0 Å². The molecule has 0 aliphatic rings. The van der Waals surface area contributed by atoms with Crippen LogP contribution in [0.15, 0.2) is 28.4 Å². The van der Waals surface area contributed by atoms with Crippen LogP contribution in [0.1, 0.15) is 28.4 Å². The maximum absolute atomic E-state index is 12.3. The van der Waals surface area contributed by atoms with E-state index in [0.717, 1.165) is 15.3 Å². The van der Waals surface area contributed by atoms with Crippen molar-refractivity contribution in [2.45, 2.75) is 31.2 Å². The van der Waals surface area contributed by atoms with Gasteiger partial charge in [0.05, 0.1) is 10.6 Å². The van der Waals surface area contributed by atoms with Gasteiger partial charge in [0.2, 0.25) is 0 Å². The van der Waals surface area contributed by atoms with Gasteiger partial charge in [0.1, 0.15) is 10.7 Å². The van der Waals surface area contributed by atoms with Gasteiger partial charge in [-0.2, -0.15) is 0 Å². The molecule has 0 fully saturated rings. The molecular weight excluding hydrogens is 304 g/mol. The van der Waals surface area contributed by atoms with Crippen LogP contribution in [-0.2, 0) is 0 Å². The van der Waals surface area contributed by atoms with Gasteiger partial charge in [0.15, 0.2) is 5.16 Å². The highest BCUT2D eigenvalue weighted by molar-refractivity contribution is 7.99. The van der Waals surface area contributed by atoms with E-state index in [2.05, 4.69) is 19.9 Å². The lowest BCUT2D eigenvalue weighted by molar-refractivity contribution is 0.902. The second-order valence-electron chi connectivity index (χ2n) is 4.71. The van der Waals surface area contributed by atoms with Crippen LogP contribution in [0, 0.1) is 13.8 Å². The predicted octanol–water partition coefficient (Wildman–Crippen LogP) is 3.24. The fourth-order valence-corrected chi connectivity index (χ4v) is 3.84. The molecule has 0 spiro atoms. The maximum atomic E-state index is 12.3. The zero-order valence-corrected chi connectivity index (χ0v) is 13.5. The van der Waals surface area contributed by atoms with Crippen LogP contribution in [-0.4, -0.2) is 19.9 Å². The molecule has 21 heavy (non-hydrogen) atoms. The summed E-state index contributed by atoms with van der Waals surface area (Å²) in [5, 5.41) is 1.35. The van der Waals surface area contributed by atoms with Gasteiger partial charge >= 0.3 is 0 Å². The molecule has 0 saturated heterocycles. The van der Waals surface area contributed by atoms with Gasteiger partial charge in [-0.15, -0.1) is 11.3 Å². The van der Waals surface area contributed by atoms with Crippen molar-refractivity contribution in [1.82, 2.24) is 19.9 Å². The van der Waals surface area contributed by atoms with E-state index >= 15 is 0 Å². The van der Waals surface area contributed by atoms with Gasteiger partial charge in [0.25, 0.3) is 5.56 Å². The summed E-state index contributed by atoms with van der Waals surface area (Å²) in [7, 11) is 0. The third-order valence-electron chi connectivity index (χ3n) is 3.27. The quantitative estimate of drug-likeness (QED) is 0.593. The molecule has 0 amide bonds. The molecule has 7 heteroatoms. The highest BCUT2D eigenvalue weighted by Gasteiger charge is 2.16. The van der Waals surface area contributed by atoms with Gasteiger partial charge < -0.3 is 4.98 Å². The Labute approximate surface area is 129 Å². The number of nitrogens with one attached hydrogen (secondary N) is 1. The molecule has 3 aromatic rings. The minimum Gasteiger partial charge on any atom is -0.309 e. The summed E-state index contributed by atoms with van der Waals surface area (Å²) in [5.74, 6) is 0.659. The van der Waals surface area contributed by atoms with Crippen molar-refractivity contribution >= 4 is 33.3 Å². The number of aromatic nitrogens is 4. The number of hydrogen-bond acceptors (Lipinski definition) is 6. The average molecular weight is 318 g/mol. The van der Waals surface area contributed by atoms with Crippen LogP contribution in [0.25, 0.3) is 10.2 Å². The Bertz CT molecular complexity index is 841. The van der Waals surface area contributed by atoms with Crippen molar-refractivity contribution in [3.8, 4) is 0 Å². The second kappa shape index (κ2) is 5.57. The minimum atomic E-state index is -0.0710. The third-order valence-corrected chi connectivity index (χ3v) is 5.37. The smallest absolute Gasteiger partial charge is 0.259 e. The number of rotatable bonds is 3. The third kappa shape index (κ3) is 2.71. The first kappa shape index (κ1) is 14.2. The Morgan fingerprint density at radius 1 is 1.29 bits per heavy atom. The van der Waals surface area contributed by atoms with Crippen LogP contribution in [0.5, 0.6) is 0 Å². The molecule has 0 unspecified atom stereocenters. The minimum absolute atomic E-state index is 0.0211. The Hall–Kier alpha value is -1.73. The Balaban J connectivity index is 1.99. The highest BCUT2D eigenvalue weighted by Crippen LogP contribution is 2.32. The molecular formula is C14H14N4OS2. The summed E-state index contributed by atoms with van der Waals surface area (Å²) >= 11 is 3.03. The van der Waals surface area contributed by atoms with Gasteiger partial charge in [-0.1, -0.05) is 11.8 Å². The molecule has 0 bridgehead atoms. The van der Waals surface area contributed by atoms with Crippen molar-refractivity contribution in [3.63, 3.8) is 0 Å². The van der Waals surface area contributed by atoms with Crippen molar-refractivity contribution in [2.24, 2.45) is 0 Å². The largest absolute Gasteiger partial charge is 0.309 e. The van der Waals surface area contributed by atoms with Crippen molar-refractivity contribution in [1.29, 1.82) is 0 Å². The van der Waals surface area contributed by atoms with Crippen molar-refractivity contribution in [3.05, 3.63) is 45.1 Å². The number of hydrogen-bond donors (Lipinski definition) is 1. The molecule has 1 atom stereocenters. The van der Waals surface area contributed by atoms with Gasteiger partial charge in [-0.25, -0.2) is 15.0 Å². The fraction of sp³-hybridized carbons (Fsp3) is 0.286. The van der Waals surface area contributed by atoms with Crippen LogP contribution in [0.2, 0.25) is 0 Å². The molecule has 3 aromatic heterocycles. The average Bonchev–Trinajstić information content (AvgIpc) is 2.75. The van der Waals surface area contributed by atoms with E-state index < -0.39 is 0 Å². The monoisotopic (exact) mass is 318 g/mol. The standard InChI is InChI=1S/C14H14N4OS2/c1-7-8(2)20-13-10(7)12(19)17-11(18-13)9(3)21-14-15-5-4-6-16-14/h4-6,9H,1-3H3,(H,17,18,19)/t9-/m1/s1. The van der Waals surface area contributed by atoms with Gasteiger partial charge in [-0.3, -0.25) is 4.79 Å². The van der Waals surface area contributed by atoms with E-state index in [9.17, 15) is 4.79 Å². The molecule has 1 N–H and O–H groups in total. The van der Waals surface area contributed by atoms with Crippen LogP contribution >= 0.6 is 23.1 Å². The fourth-order valence-electron chi connectivity index (χ4n) is 2.02. The van der Waals surface area contributed by atoms with Crippen molar-refractivity contribution in [2.75, 3.05) is 0 Å². The number of fused-ring (bicyclic) bond motifs is 1. The first-order valence-electron chi connectivity index (χ1n) is 6.50. The van der Waals surface area contributed by atoms with Gasteiger partial charge in [-0.05, 0) is 32.4 Å². The van der Waals surface area contributed by atoms with Gasteiger partial charge in [0, 0.05) is 17.3 Å². The SMILES string of the molecule is Cc1sc2nc([C@@H](C)Sc3ncccn3)[nH]c(=O)c2c1C. The van der Waals surface area contributed by atoms with Crippen molar-refractivity contribution < 1.29 is 0 Å². The number of nitrogens with zero attached hydrogens (tertiary/aromatic N) is 3. The predicted molar refractivity (Wildman–Crippen MR) is 86.0 cm³/mol. The number of H-pyrrole nitrogens is 1. The zero-order valence-electron chi connectivity index (χ0n) is 11.9. The second-order valence-corrected chi connectivity index (χ2v) is 7.22. The topological polar surface area (TPSA) is 71.5 Å². The van der Waals surface area contributed by atoms with E-state index in [1.165, 1.54) is 11.8 Å². The van der Waals surface area contributed by atoms with E-state index in [4.69, 9.17) is 0 Å². The number of aromatic amines is 1. The Morgan fingerprint density at radius 2 is 2.00 bits per heavy atom. The van der Waals surface area contributed by atoms with Crippen LogP contribution in [0.4, 0.5) is 0 Å². The van der Waals surface area contributed by atoms with E-state index in [-0.39, 0.29) is 10.8 Å². The number of thiophene rings is 1. The highest BCUT2D eigenvalue weighted by atomic mass is 32.2. The molecule has 0 saturated carbocycles. The van der Waals surface area contributed by atoms with E-state index in [1.807, 2.05) is 20.8 Å². The summed E-state index contributed by atoms with van der Waals surface area (Å²) in [5.41, 5.74) is 0.945. The molecule has 3 heterocycles. The summed E-state index contributed by atoms with van der Waals surface area (Å²) in [6, 6.07) is 1.78. The number of thioether (sulfide) groups is 1. The molecule has 0 aromatic carbocycles. The lowest BCUT2D eigenvalue weighted by atomic mass is 10.2. The van der Waals surface area contributed by atoms with E-state index in [1.54, 1.807) is 29.8 Å². The summed E-state index contributed by atoms with van der Waals surface area (Å²) in [6.45, 7) is 5.95.